The molecule has 0 bridgehead atoms. The predicted octanol–water partition coefficient (Wildman–Crippen LogP) is -1.48. The molecule has 1 aliphatic heterocycles. The van der Waals surface area contributed by atoms with Gasteiger partial charge in [0.15, 0.2) is 11.8 Å². The lowest BCUT2D eigenvalue weighted by atomic mass is 9.88. The summed E-state index contributed by atoms with van der Waals surface area (Å²) < 4.78 is 78.0. The van der Waals surface area contributed by atoms with E-state index < -0.39 is 71.3 Å². The molecule has 7 N–H and O–H groups in total. The molecule has 2 rings (SSSR count). The standard InChI is InChI=1S/C11H17F2N2O15P3/c1-10(19)6(17)11(7(12)13,28-8(10)15-3-2-5(16)14-9(15)18)4-27-32(23,24)30-33(25,26)29-31(20,21)22/h2-3,6-8,17,19H,4H2,1H3,(H,23,24)(H,25,26)(H,14,16,18)(H2,20,21,22)/t6-,8+,10+,11+/m0/s1. The third-order valence-corrected chi connectivity index (χ3v) is 7.97. The molecule has 1 aromatic rings. The lowest BCUT2D eigenvalue weighted by Crippen LogP contribution is -2.55. The number of rotatable bonds is 9. The normalized spacial score (nSPS) is 31.9. The van der Waals surface area contributed by atoms with E-state index in [4.69, 9.17) is 19.4 Å². The van der Waals surface area contributed by atoms with Crippen molar-refractivity contribution < 1.29 is 70.1 Å². The van der Waals surface area contributed by atoms with E-state index in [0.717, 1.165) is 19.2 Å². The highest BCUT2D eigenvalue weighted by Crippen LogP contribution is 2.66. The molecule has 1 aromatic heterocycles. The zero-order valence-electron chi connectivity index (χ0n) is 16.0. The topological polar surface area (TPSA) is 264 Å². The van der Waals surface area contributed by atoms with Gasteiger partial charge >= 0.3 is 29.2 Å². The summed E-state index contributed by atoms with van der Waals surface area (Å²) in [5, 5.41) is 20.9. The Hall–Kier alpha value is -1.17. The van der Waals surface area contributed by atoms with Crippen molar-refractivity contribution in [1.29, 1.82) is 0 Å². The number of H-pyrrole nitrogens is 1. The number of aromatic amines is 1. The van der Waals surface area contributed by atoms with Gasteiger partial charge in [-0.15, -0.1) is 0 Å². The predicted molar refractivity (Wildman–Crippen MR) is 96.6 cm³/mol. The van der Waals surface area contributed by atoms with Crippen LogP contribution in [0.2, 0.25) is 0 Å². The second-order valence-corrected chi connectivity index (χ2v) is 11.2. The lowest BCUT2D eigenvalue weighted by molar-refractivity contribution is -0.193. The van der Waals surface area contributed by atoms with Gasteiger partial charge in [-0.1, -0.05) is 0 Å². The van der Waals surface area contributed by atoms with Gasteiger partial charge in [0.05, 0.1) is 6.61 Å². The minimum Gasteiger partial charge on any atom is -0.387 e. The number of nitrogens with one attached hydrogen (secondary N) is 1. The number of phosphoric acid groups is 3. The van der Waals surface area contributed by atoms with Crippen molar-refractivity contribution in [2.45, 2.75) is 36.9 Å². The average Bonchev–Trinajstić information content (AvgIpc) is 2.78. The van der Waals surface area contributed by atoms with Crippen molar-refractivity contribution in [2.75, 3.05) is 6.61 Å². The second kappa shape index (κ2) is 9.13. The average molecular weight is 548 g/mol. The van der Waals surface area contributed by atoms with Crippen molar-refractivity contribution in [3.63, 3.8) is 0 Å². The van der Waals surface area contributed by atoms with Crippen LogP contribution in [0, 0.1) is 0 Å². The van der Waals surface area contributed by atoms with Crippen LogP contribution < -0.4 is 11.2 Å². The van der Waals surface area contributed by atoms with Crippen molar-refractivity contribution >= 4 is 23.5 Å². The van der Waals surface area contributed by atoms with Gasteiger partial charge in [-0.3, -0.25) is 18.9 Å². The van der Waals surface area contributed by atoms with Crippen LogP contribution in [0.25, 0.3) is 0 Å². The van der Waals surface area contributed by atoms with E-state index in [1.165, 1.54) is 0 Å². The third-order valence-electron chi connectivity index (χ3n) is 4.19. The quantitative estimate of drug-likeness (QED) is 0.174. The highest BCUT2D eigenvalue weighted by Gasteiger charge is 2.67. The Morgan fingerprint density at radius 1 is 1.18 bits per heavy atom. The van der Waals surface area contributed by atoms with E-state index in [1.807, 2.05) is 0 Å². The number of ether oxygens (including phenoxy) is 1. The summed E-state index contributed by atoms with van der Waals surface area (Å²) in [5.41, 5.74) is -8.23. The monoisotopic (exact) mass is 548 g/mol. The molecule has 0 aromatic carbocycles. The Morgan fingerprint density at radius 2 is 1.76 bits per heavy atom. The minimum absolute atomic E-state index is 0.416. The molecule has 0 amide bonds. The Labute approximate surface area is 180 Å². The molecular formula is C11H17F2N2O15P3. The number of aliphatic hydroxyl groups is 2. The summed E-state index contributed by atoms with van der Waals surface area (Å²) in [4.78, 5) is 60.4. The maximum absolute atomic E-state index is 13.9. The van der Waals surface area contributed by atoms with Crippen molar-refractivity contribution in [1.82, 2.24) is 9.55 Å². The third kappa shape index (κ3) is 6.29. The first-order valence-electron chi connectivity index (χ1n) is 8.19. The van der Waals surface area contributed by atoms with E-state index >= 15 is 0 Å². The van der Waals surface area contributed by atoms with Crippen LogP contribution in [0.5, 0.6) is 0 Å². The molecule has 1 aliphatic rings. The second-order valence-electron chi connectivity index (χ2n) is 6.74. The van der Waals surface area contributed by atoms with Gasteiger partial charge in [-0.2, -0.15) is 8.62 Å². The van der Waals surface area contributed by atoms with Crippen LogP contribution in [0.4, 0.5) is 8.78 Å². The van der Waals surface area contributed by atoms with Crippen LogP contribution >= 0.6 is 23.5 Å². The molecule has 0 aliphatic carbocycles. The molecule has 2 heterocycles. The van der Waals surface area contributed by atoms with E-state index in [2.05, 4.69) is 13.1 Å². The smallest absolute Gasteiger partial charge is 0.387 e. The van der Waals surface area contributed by atoms with Crippen LogP contribution in [0.15, 0.2) is 21.9 Å². The first kappa shape index (κ1) is 28.1. The van der Waals surface area contributed by atoms with Gasteiger partial charge < -0.3 is 34.5 Å². The molecule has 0 radical (unpaired) electrons. The highest BCUT2D eigenvalue weighted by molar-refractivity contribution is 7.66. The number of aromatic nitrogens is 2. The number of hydrogen-bond acceptors (Lipinski definition) is 11. The van der Waals surface area contributed by atoms with Crippen molar-refractivity contribution in [3.8, 4) is 0 Å². The summed E-state index contributed by atoms with van der Waals surface area (Å²) in [6.45, 7) is -1.09. The SMILES string of the molecule is C[C@]1(O)[C@H](n2ccc(=O)[nH]c2=O)O[C@@](COP(=O)(O)OP(=O)(O)OP(=O)(O)O)(C(F)F)[C@H]1O. The minimum atomic E-state index is -5.98. The van der Waals surface area contributed by atoms with E-state index in [1.54, 1.807) is 4.98 Å². The van der Waals surface area contributed by atoms with Crippen LogP contribution in [0.3, 0.4) is 0 Å². The van der Waals surface area contributed by atoms with Gasteiger partial charge in [0.1, 0.15) is 11.7 Å². The molecule has 1 fully saturated rings. The fourth-order valence-electron chi connectivity index (χ4n) is 2.80. The Bertz CT molecular complexity index is 1150. The molecular weight excluding hydrogens is 531 g/mol. The molecule has 190 valence electrons. The number of phosphoric ester groups is 1. The molecule has 0 spiro atoms. The summed E-state index contributed by atoms with van der Waals surface area (Å²) in [6.07, 6.45) is -7.84. The van der Waals surface area contributed by atoms with Gasteiger partial charge in [0, 0.05) is 12.3 Å². The molecule has 33 heavy (non-hydrogen) atoms. The van der Waals surface area contributed by atoms with Crippen LogP contribution in [0.1, 0.15) is 13.2 Å². The summed E-state index contributed by atoms with van der Waals surface area (Å²) in [6, 6.07) is 0.752. The van der Waals surface area contributed by atoms with E-state index in [9.17, 15) is 47.2 Å². The first-order valence-corrected chi connectivity index (χ1v) is 12.7. The fourth-order valence-corrected chi connectivity index (χ4v) is 5.86. The molecule has 22 heteroatoms. The van der Waals surface area contributed by atoms with Crippen LogP contribution in [-0.2, 0) is 31.6 Å². The van der Waals surface area contributed by atoms with Gasteiger partial charge in [0.2, 0.25) is 0 Å². The van der Waals surface area contributed by atoms with Gasteiger partial charge in [-0.05, 0) is 6.92 Å². The van der Waals surface area contributed by atoms with Gasteiger partial charge in [0.25, 0.3) is 12.0 Å². The maximum Gasteiger partial charge on any atom is 0.490 e. The lowest BCUT2D eigenvalue weighted by Gasteiger charge is -2.32. The van der Waals surface area contributed by atoms with Crippen molar-refractivity contribution in [2.24, 2.45) is 0 Å². The van der Waals surface area contributed by atoms with E-state index in [-0.39, 0.29) is 0 Å². The largest absolute Gasteiger partial charge is 0.490 e. The Kier molecular flexibility index (Phi) is 7.76. The number of aliphatic hydroxyl groups excluding tert-OH is 1. The van der Waals surface area contributed by atoms with Crippen LogP contribution in [-0.4, -0.2) is 69.7 Å². The van der Waals surface area contributed by atoms with E-state index in [0.29, 0.717) is 4.57 Å². The Balaban J connectivity index is 2.35. The molecule has 2 unspecified atom stereocenters. The summed E-state index contributed by atoms with van der Waals surface area (Å²) in [5.74, 6) is 0. The molecule has 6 atom stereocenters. The zero-order chi connectivity index (χ0) is 25.6. The zero-order valence-corrected chi connectivity index (χ0v) is 18.7. The Morgan fingerprint density at radius 3 is 2.24 bits per heavy atom. The number of alkyl halides is 2. The summed E-state index contributed by atoms with van der Waals surface area (Å²) >= 11 is 0. The first-order chi connectivity index (χ1) is 14.7. The fraction of sp³-hybridized carbons (Fsp3) is 0.636. The molecule has 17 nitrogen and oxygen atoms in total. The number of hydrogen-bond donors (Lipinski definition) is 7. The van der Waals surface area contributed by atoms with Gasteiger partial charge in [-0.25, -0.2) is 27.3 Å². The summed E-state index contributed by atoms with van der Waals surface area (Å²) in [7, 11) is -17.6. The maximum atomic E-state index is 13.9. The molecule has 0 saturated carbocycles. The molecule has 1 saturated heterocycles. The number of halogens is 2. The van der Waals surface area contributed by atoms with Crippen molar-refractivity contribution in [3.05, 3.63) is 33.1 Å². The highest BCUT2D eigenvalue weighted by atomic mass is 31.3. The number of nitrogens with zero attached hydrogens (tertiary/aromatic N) is 1.